The van der Waals surface area contributed by atoms with E-state index in [0.29, 0.717) is 35.9 Å². The monoisotopic (exact) mass is 312 g/mol. The third-order valence-electron chi connectivity index (χ3n) is 3.23. The van der Waals surface area contributed by atoms with Crippen LogP contribution in [0.4, 0.5) is 0 Å². The van der Waals surface area contributed by atoms with Crippen LogP contribution in [0.5, 0.6) is 0 Å². The molecule has 0 saturated heterocycles. The zero-order valence-electron chi connectivity index (χ0n) is 13.6. The summed E-state index contributed by atoms with van der Waals surface area (Å²) < 4.78 is 6.77. The number of nitriles is 1. The van der Waals surface area contributed by atoms with Gasteiger partial charge in [-0.3, -0.25) is 0 Å². The van der Waals surface area contributed by atoms with Crippen molar-refractivity contribution in [2.24, 2.45) is 5.92 Å². The first-order valence-corrected chi connectivity index (χ1v) is 7.69. The van der Waals surface area contributed by atoms with Gasteiger partial charge in [0.25, 0.3) is 0 Å². The molecule has 0 spiro atoms. The largest absolute Gasteiger partial charge is 0.462 e. The molecule has 1 aromatic carbocycles. The number of carbonyl (C=O) groups is 1. The molecule has 120 valence electrons. The summed E-state index contributed by atoms with van der Waals surface area (Å²) >= 11 is 0. The second-order valence-electron chi connectivity index (χ2n) is 5.69. The van der Waals surface area contributed by atoms with Crippen molar-refractivity contribution in [1.82, 2.24) is 15.0 Å². The third kappa shape index (κ3) is 3.95. The maximum atomic E-state index is 12.0. The minimum atomic E-state index is -0.361. The van der Waals surface area contributed by atoms with E-state index >= 15 is 0 Å². The number of hydrogen-bond donors (Lipinski definition) is 0. The first-order chi connectivity index (χ1) is 11.1. The van der Waals surface area contributed by atoms with Crippen LogP contribution in [0.15, 0.2) is 24.3 Å². The number of esters is 1. The fraction of sp³-hybridized carbons (Fsp3) is 0.412. The summed E-state index contributed by atoms with van der Waals surface area (Å²) in [5.74, 6) is -0.00298. The Morgan fingerprint density at radius 2 is 2.22 bits per heavy atom. The first kappa shape index (κ1) is 16.7. The fourth-order valence-corrected chi connectivity index (χ4v) is 2.21. The molecule has 0 aliphatic carbocycles. The molecular formula is C17H20N4O2. The summed E-state index contributed by atoms with van der Waals surface area (Å²) in [6, 6.07) is 9.07. The summed E-state index contributed by atoms with van der Waals surface area (Å²) in [6.45, 7) is 6.47. The highest BCUT2D eigenvalue weighted by Crippen LogP contribution is 2.18. The van der Waals surface area contributed by atoms with Gasteiger partial charge in [0.1, 0.15) is 6.07 Å². The molecule has 0 N–H and O–H groups in total. The van der Waals surface area contributed by atoms with E-state index < -0.39 is 0 Å². The Kier molecular flexibility index (Phi) is 5.47. The van der Waals surface area contributed by atoms with Crippen molar-refractivity contribution in [2.75, 3.05) is 6.61 Å². The molecule has 2 aromatic rings. The Morgan fingerprint density at radius 3 is 2.87 bits per heavy atom. The molecule has 0 aliphatic rings. The zero-order chi connectivity index (χ0) is 16.8. The zero-order valence-corrected chi connectivity index (χ0v) is 13.6. The SMILES string of the molecule is CCCOC(=O)c1cccc(-n2nnc(C#N)c2CC(C)C)c1. The van der Waals surface area contributed by atoms with E-state index in [-0.39, 0.29) is 5.97 Å². The van der Waals surface area contributed by atoms with Gasteiger partial charge in [0.05, 0.1) is 23.6 Å². The Labute approximate surface area is 135 Å². The van der Waals surface area contributed by atoms with Crippen LogP contribution in [0.1, 0.15) is 48.9 Å². The molecule has 0 radical (unpaired) electrons. The average molecular weight is 312 g/mol. The number of ether oxygens (including phenoxy) is 1. The van der Waals surface area contributed by atoms with Gasteiger partial charge in [0.2, 0.25) is 0 Å². The third-order valence-corrected chi connectivity index (χ3v) is 3.23. The lowest BCUT2D eigenvalue weighted by molar-refractivity contribution is 0.0505. The highest BCUT2D eigenvalue weighted by molar-refractivity contribution is 5.90. The Bertz CT molecular complexity index is 728. The second-order valence-corrected chi connectivity index (χ2v) is 5.69. The lowest BCUT2D eigenvalue weighted by Crippen LogP contribution is -2.09. The molecule has 0 unspecified atom stereocenters. The lowest BCUT2D eigenvalue weighted by atomic mass is 10.1. The smallest absolute Gasteiger partial charge is 0.338 e. The van der Waals surface area contributed by atoms with Crippen LogP contribution in [0, 0.1) is 17.2 Å². The Hall–Kier alpha value is -2.68. The van der Waals surface area contributed by atoms with Crippen molar-refractivity contribution in [3.8, 4) is 11.8 Å². The lowest BCUT2D eigenvalue weighted by Gasteiger charge is -2.10. The molecule has 1 heterocycles. The predicted molar refractivity (Wildman–Crippen MR) is 85.2 cm³/mol. The molecule has 0 amide bonds. The van der Waals surface area contributed by atoms with Gasteiger partial charge in [0.15, 0.2) is 5.69 Å². The number of benzene rings is 1. The van der Waals surface area contributed by atoms with Gasteiger partial charge in [0, 0.05) is 0 Å². The summed E-state index contributed by atoms with van der Waals surface area (Å²) in [6.07, 6.45) is 1.46. The molecule has 0 atom stereocenters. The van der Waals surface area contributed by atoms with Gasteiger partial charge in [-0.2, -0.15) is 5.26 Å². The molecule has 23 heavy (non-hydrogen) atoms. The van der Waals surface area contributed by atoms with Gasteiger partial charge >= 0.3 is 5.97 Å². The Morgan fingerprint density at radius 1 is 1.43 bits per heavy atom. The van der Waals surface area contributed by atoms with Gasteiger partial charge in [-0.1, -0.05) is 32.1 Å². The van der Waals surface area contributed by atoms with Gasteiger partial charge in [-0.05, 0) is 37.0 Å². The molecule has 0 bridgehead atoms. The van der Waals surface area contributed by atoms with E-state index in [4.69, 9.17) is 4.74 Å². The van der Waals surface area contributed by atoms with E-state index in [9.17, 15) is 10.1 Å². The highest BCUT2D eigenvalue weighted by atomic mass is 16.5. The van der Waals surface area contributed by atoms with Crippen LogP contribution in [-0.4, -0.2) is 27.6 Å². The van der Waals surface area contributed by atoms with Crippen molar-refractivity contribution < 1.29 is 9.53 Å². The van der Waals surface area contributed by atoms with Crippen molar-refractivity contribution in [2.45, 2.75) is 33.6 Å². The van der Waals surface area contributed by atoms with Crippen LogP contribution >= 0.6 is 0 Å². The number of rotatable bonds is 6. The highest BCUT2D eigenvalue weighted by Gasteiger charge is 2.16. The molecule has 6 heteroatoms. The number of nitrogens with zero attached hydrogens (tertiary/aromatic N) is 4. The van der Waals surface area contributed by atoms with Crippen molar-refractivity contribution in [3.05, 3.63) is 41.2 Å². The van der Waals surface area contributed by atoms with Crippen molar-refractivity contribution in [1.29, 1.82) is 5.26 Å². The summed E-state index contributed by atoms with van der Waals surface area (Å²) in [4.78, 5) is 12.0. The molecule has 6 nitrogen and oxygen atoms in total. The van der Waals surface area contributed by atoms with Crippen LogP contribution in [0.2, 0.25) is 0 Å². The normalized spacial score (nSPS) is 10.6. The first-order valence-electron chi connectivity index (χ1n) is 7.69. The number of carbonyl (C=O) groups excluding carboxylic acids is 1. The summed E-state index contributed by atoms with van der Waals surface area (Å²) in [5.41, 5.74) is 2.22. The van der Waals surface area contributed by atoms with Crippen LogP contribution in [0.25, 0.3) is 5.69 Å². The molecule has 0 saturated carbocycles. The quantitative estimate of drug-likeness (QED) is 0.766. The van der Waals surface area contributed by atoms with Crippen molar-refractivity contribution >= 4 is 5.97 Å². The van der Waals surface area contributed by atoms with Crippen LogP contribution in [-0.2, 0) is 11.2 Å². The molecule has 2 rings (SSSR count). The van der Waals surface area contributed by atoms with E-state index in [0.717, 1.165) is 12.1 Å². The van der Waals surface area contributed by atoms with Crippen molar-refractivity contribution in [3.63, 3.8) is 0 Å². The van der Waals surface area contributed by atoms with Gasteiger partial charge in [-0.25, -0.2) is 9.48 Å². The molecular weight excluding hydrogens is 292 g/mol. The van der Waals surface area contributed by atoms with Crippen LogP contribution < -0.4 is 0 Å². The van der Waals surface area contributed by atoms with Gasteiger partial charge in [-0.15, -0.1) is 5.10 Å². The summed E-state index contributed by atoms with van der Waals surface area (Å²) in [7, 11) is 0. The second kappa shape index (κ2) is 7.54. The summed E-state index contributed by atoms with van der Waals surface area (Å²) in [5, 5.41) is 17.2. The topological polar surface area (TPSA) is 80.8 Å². The minimum absolute atomic E-state index is 0.317. The molecule has 1 aromatic heterocycles. The maximum absolute atomic E-state index is 12.0. The standard InChI is InChI=1S/C17H20N4O2/c1-4-8-23-17(22)13-6-5-7-14(10-13)21-16(9-12(2)3)15(11-18)19-20-21/h5-7,10,12H,4,8-9H2,1-3H3. The fourth-order valence-electron chi connectivity index (χ4n) is 2.21. The van der Waals surface area contributed by atoms with E-state index in [1.807, 2.05) is 13.0 Å². The Balaban J connectivity index is 2.38. The van der Waals surface area contributed by atoms with Crippen LogP contribution in [0.3, 0.4) is 0 Å². The van der Waals surface area contributed by atoms with E-state index in [1.54, 1.807) is 22.9 Å². The van der Waals surface area contributed by atoms with E-state index in [2.05, 4.69) is 30.2 Å². The predicted octanol–water partition coefficient (Wildman–Crippen LogP) is 2.90. The number of hydrogen-bond acceptors (Lipinski definition) is 5. The molecule has 0 fully saturated rings. The molecule has 0 aliphatic heterocycles. The number of aromatic nitrogens is 3. The average Bonchev–Trinajstić information content (AvgIpc) is 2.94. The minimum Gasteiger partial charge on any atom is -0.462 e. The maximum Gasteiger partial charge on any atom is 0.338 e. The van der Waals surface area contributed by atoms with Gasteiger partial charge < -0.3 is 4.74 Å². The van der Waals surface area contributed by atoms with E-state index in [1.165, 1.54) is 0 Å².